The van der Waals surface area contributed by atoms with Gasteiger partial charge in [0.05, 0.1) is 12.3 Å². The second kappa shape index (κ2) is 7.48. The normalized spacial score (nSPS) is 14.0. The van der Waals surface area contributed by atoms with Crippen molar-refractivity contribution in [3.05, 3.63) is 0 Å². The van der Waals surface area contributed by atoms with Gasteiger partial charge in [0.25, 0.3) is 0 Å². The number of likely N-dealkylation sites (tertiary alicyclic amines) is 1. The van der Waals surface area contributed by atoms with Gasteiger partial charge < -0.3 is 16.4 Å². The molecule has 3 amide bonds. The van der Waals surface area contributed by atoms with E-state index in [1.54, 1.807) is 0 Å². The molecule has 20 heavy (non-hydrogen) atoms. The van der Waals surface area contributed by atoms with Crippen LogP contribution in [-0.2, 0) is 14.4 Å². The summed E-state index contributed by atoms with van der Waals surface area (Å²) in [6.45, 7) is 0.408. The first-order chi connectivity index (χ1) is 9.38. The lowest BCUT2D eigenvalue weighted by atomic mass is 10.4. The quantitative estimate of drug-likeness (QED) is 0.354. The van der Waals surface area contributed by atoms with E-state index in [-0.39, 0.29) is 29.3 Å². The van der Waals surface area contributed by atoms with Crippen LogP contribution in [-0.4, -0.2) is 52.6 Å². The van der Waals surface area contributed by atoms with E-state index in [0.29, 0.717) is 13.0 Å². The lowest BCUT2D eigenvalue weighted by Crippen LogP contribution is -2.41. The van der Waals surface area contributed by atoms with Crippen LogP contribution >= 0.6 is 11.8 Å². The molecule has 1 aliphatic rings. The number of carbonyl (C=O) groups excluding carboxylic acids is 3. The average Bonchev–Trinajstić information content (AvgIpc) is 2.71. The second-order valence-corrected chi connectivity index (χ2v) is 4.98. The summed E-state index contributed by atoms with van der Waals surface area (Å²) in [7, 11) is 0. The number of imide groups is 1. The van der Waals surface area contributed by atoms with Gasteiger partial charge in [-0.05, 0) is 6.42 Å². The number of hydrogen-bond acceptors (Lipinski definition) is 5. The molecule has 1 fully saturated rings. The monoisotopic (exact) mass is 300 g/mol. The molecule has 1 heterocycles. The standard InChI is InChI=1S/C10H16N6O3S/c11-9(12)15-10(13)20-5-7(18)14-6(17)4-16-3-1-2-8(16)19/h1-5H2,(H,14,17,18)(H5,11,12,13,15). The van der Waals surface area contributed by atoms with Crippen molar-refractivity contribution >= 4 is 40.6 Å². The Hall–Kier alpha value is -2.10. The molecule has 0 saturated carbocycles. The fraction of sp³-hybridized carbons (Fsp3) is 0.500. The van der Waals surface area contributed by atoms with Crippen LogP contribution < -0.4 is 16.8 Å². The Morgan fingerprint density at radius 3 is 2.65 bits per heavy atom. The SMILES string of the molecule is N=C(N=C(N)N)SCC(=O)NC(=O)CN1CCCC1=O. The fourth-order valence-corrected chi connectivity index (χ4v) is 2.07. The van der Waals surface area contributed by atoms with E-state index >= 15 is 0 Å². The largest absolute Gasteiger partial charge is 0.370 e. The summed E-state index contributed by atoms with van der Waals surface area (Å²) in [5, 5.41) is 9.22. The molecule has 1 aliphatic heterocycles. The number of nitrogens with zero attached hydrogens (tertiary/aromatic N) is 2. The Morgan fingerprint density at radius 2 is 2.10 bits per heavy atom. The van der Waals surface area contributed by atoms with Crippen LogP contribution in [0.2, 0.25) is 0 Å². The number of rotatable bonds is 4. The molecule has 0 bridgehead atoms. The number of guanidine groups is 1. The first-order valence-electron chi connectivity index (χ1n) is 5.80. The lowest BCUT2D eigenvalue weighted by molar-refractivity contribution is -0.135. The van der Waals surface area contributed by atoms with Crippen molar-refractivity contribution in [2.75, 3.05) is 18.8 Å². The van der Waals surface area contributed by atoms with Crippen molar-refractivity contribution < 1.29 is 14.4 Å². The van der Waals surface area contributed by atoms with Crippen LogP contribution in [0.15, 0.2) is 4.99 Å². The number of hydrogen-bond donors (Lipinski definition) is 4. The predicted molar refractivity (Wildman–Crippen MR) is 75.0 cm³/mol. The molecule has 1 rings (SSSR count). The minimum absolute atomic E-state index is 0.0866. The molecule has 0 aromatic heterocycles. The zero-order valence-corrected chi connectivity index (χ0v) is 11.5. The van der Waals surface area contributed by atoms with Crippen molar-refractivity contribution in [1.29, 1.82) is 5.41 Å². The maximum absolute atomic E-state index is 11.5. The van der Waals surface area contributed by atoms with Gasteiger partial charge in [0, 0.05) is 13.0 Å². The van der Waals surface area contributed by atoms with E-state index in [4.69, 9.17) is 16.9 Å². The highest BCUT2D eigenvalue weighted by Gasteiger charge is 2.22. The highest BCUT2D eigenvalue weighted by atomic mass is 32.2. The smallest absolute Gasteiger partial charge is 0.246 e. The van der Waals surface area contributed by atoms with Gasteiger partial charge >= 0.3 is 0 Å². The summed E-state index contributed by atoms with van der Waals surface area (Å²) in [6, 6.07) is 0. The summed E-state index contributed by atoms with van der Waals surface area (Å²) < 4.78 is 0. The molecule has 0 unspecified atom stereocenters. The predicted octanol–water partition coefficient (Wildman–Crippen LogP) is -1.81. The average molecular weight is 300 g/mol. The molecule has 0 aromatic rings. The number of amides is 3. The van der Waals surface area contributed by atoms with Gasteiger partial charge in [-0.25, -0.2) is 0 Å². The van der Waals surface area contributed by atoms with Gasteiger partial charge in [-0.3, -0.25) is 25.1 Å². The first kappa shape index (κ1) is 16.0. The van der Waals surface area contributed by atoms with Crippen molar-refractivity contribution in [1.82, 2.24) is 10.2 Å². The van der Waals surface area contributed by atoms with Crippen LogP contribution in [0.5, 0.6) is 0 Å². The third-order valence-corrected chi connectivity index (χ3v) is 3.13. The molecule has 10 heteroatoms. The Kier molecular flexibility index (Phi) is 5.97. The second-order valence-electron chi connectivity index (χ2n) is 4.02. The van der Waals surface area contributed by atoms with E-state index < -0.39 is 11.8 Å². The first-order valence-corrected chi connectivity index (χ1v) is 6.78. The van der Waals surface area contributed by atoms with Crippen LogP contribution in [0.3, 0.4) is 0 Å². The molecule has 0 aromatic carbocycles. The van der Waals surface area contributed by atoms with E-state index in [1.807, 2.05) is 0 Å². The van der Waals surface area contributed by atoms with Crippen molar-refractivity contribution in [2.24, 2.45) is 16.5 Å². The van der Waals surface area contributed by atoms with Gasteiger partial charge in [0.1, 0.15) is 0 Å². The Morgan fingerprint density at radius 1 is 1.40 bits per heavy atom. The van der Waals surface area contributed by atoms with E-state index in [0.717, 1.165) is 18.2 Å². The molecule has 0 spiro atoms. The third kappa shape index (κ3) is 5.69. The topological polar surface area (TPSA) is 155 Å². The molecule has 110 valence electrons. The Balaban J connectivity index is 2.28. The Bertz CT molecular complexity index is 460. The van der Waals surface area contributed by atoms with Crippen molar-refractivity contribution in [2.45, 2.75) is 12.8 Å². The van der Waals surface area contributed by atoms with Gasteiger partial charge in [-0.15, -0.1) is 0 Å². The van der Waals surface area contributed by atoms with Crippen LogP contribution in [0, 0.1) is 5.41 Å². The molecule has 0 aliphatic carbocycles. The molecular weight excluding hydrogens is 284 g/mol. The number of thioether (sulfide) groups is 1. The van der Waals surface area contributed by atoms with Crippen molar-refractivity contribution in [3.8, 4) is 0 Å². The minimum Gasteiger partial charge on any atom is -0.370 e. The summed E-state index contributed by atoms with van der Waals surface area (Å²) in [6.07, 6.45) is 1.17. The third-order valence-electron chi connectivity index (χ3n) is 2.36. The maximum Gasteiger partial charge on any atom is 0.246 e. The van der Waals surface area contributed by atoms with Crippen LogP contribution in [0.4, 0.5) is 0 Å². The van der Waals surface area contributed by atoms with Crippen LogP contribution in [0.1, 0.15) is 12.8 Å². The fourth-order valence-electron chi connectivity index (χ4n) is 1.56. The molecule has 0 atom stereocenters. The van der Waals surface area contributed by atoms with E-state index in [9.17, 15) is 14.4 Å². The van der Waals surface area contributed by atoms with Gasteiger partial charge in [-0.2, -0.15) is 4.99 Å². The number of nitrogens with two attached hydrogens (primary N) is 2. The minimum atomic E-state index is -0.567. The zero-order chi connectivity index (χ0) is 15.1. The van der Waals surface area contributed by atoms with Crippen molar-refractivity contribution in [3.63, 3.8) is 0 Å². The summed E-state index contributed by atoms with van der Waals surface area (Å²) in [5.41, 5.74) is 10.1. The number of amidine groups is 1. The van der Waals surface area contributed by atoms with Crippen LogP contribution in [0.25, 0.3) is 0 Å². The Labute approximate surface area is 119 Å². The summed E-state index contributed by atoms with van der Waals surface area (Å²) in [4.78, 5) is 39.1. The number of nitrogens with one attached hydrogen (secondary N) is 2. The molecule has 9 nitrogen and oxygen atoms in total. The highest BCUT2D eigenvalue weighted by Crippen LogP contribution is 2.08. The number of carbonyl (C=O) groups is 3. The van der Waals surface area contributed by atoms with Gasteiger partial charge in [-0.1, -0.05) is 11.8 Å². The molecular formula is C10H16N6O3S. The van der Waals surface area contributed by atoms with E-state index in [1.165, 1.54) is 4.90 Å². The molecule has 1 saturated heterocycles. The van der Waals surface area contributed by atoms with Gasteiger partial charge in [0.15, 0.2) is 11.1 Å². The lowest BCUT2D eigenvalue weighted by Gasteiger charge is -2.14. The summed E-state index contributed by atoms with van der Waals surface area (Å²) in [5.74, 6) is -1.63. The highest BCUT2D eigenvalue weighted by molar-refractivity contribution is 8.14. The number of aliphatic imine (C=N–C) groups is 1. The van der Waals surface area contributed by atoms with E-state index in [2.05, 4.69) is 10.3 Å². The molecule has 6 N–H and O–H groups in total. The van der Waals surface area contributed by atoms with Gasteiger partial charge in [0.2, 0.25) is 17.7 Å². The summed E-state index contributed by atoms with van der Waals surface area (Å²) >= 11 is 0.789. The zero-order valence-electron chi connectivity index (χ0n) is 10.7. The molecule has 0 radical (unpaired) electrons. The maximum atomic E-state index is 11.5.